The number of nitrogens with one attached hydrogen (secondary N) is 1. The first-order valence-corrected chi connectivity index (χ1v) is 12.7. The summed E-state index contributed by atoms with van der Waals surface area (Å²) < 4.78 is 43.6. The van der Waals surface area contributed by atoms with Gasteiger partial charge in [-0.3, -0.25) is 19.3 Å². The van der Waals surface area contributed by atoms with Crippen LogP contribution in [0.3, 0.4) is 0 Å². The molecule has 7 nitrogen and oxygen atoms in total. The molecule has 13 heteroatoms. The number of alkyl halides is 5. The van der Waals surface area contributed by atoms with Crippen LogP contribution in [0.2, 0.25) is 5.02 Å². The molecule has 6 atom stereocenters. The Morgan fingerprint density at radius 3 is 2.11 bits per heavy atom. The molecule has 1 aliphatic heterocycles. The molecule has 38 heavy (non-hydrogen) atoms. The number of benzene rings is 2. The maximum absolute atomic E-state index is 13.1. The lowest BCUT2D eigenvalue weighted by atomic mass is 9.80. The molecule has 0 spiro atoms. The molecule has 3 amide bonds. The van der Waals surface area contributed by atoms with E-state index in [4.69, 9.17) is 39.5 Å². The van der Waals surface area contributed by atoms with Gasteiger partial charge in [0.1, 0.15) is 0 Å². The number of rotatable bonds is 5. The van der Waals surface area contributed by atoms with Crippen LogP contribution in [0.5, 0.6) is 0 Å². The zero-order valence-corrected chi connectivity index (χ0v) is 21.4. The van der Waals surface area contributed by atoms with Gasteiger partial charge in [-0.05, 0) is 60.7 Å². The minimum absolute atomic E-state index is 0.0275. The molecule has 0 aromatic heterocycles. The highest BCUT2D eigenvalue weighted by Gasteiger charge is 2.66. The van der Waals surface area contributed by atoms with Gasteiger partial charge in [-0.15, -0.1) is 23.2 Å². The highest BCUT2D eigenvalue weighted by Crippen LogP contribution is 2.59. The number of ether oxygens (including phenoxy) is 1. The minimum Gasteiger partial charge on any atom is -0.452 e. The topological polar surface area (TPSA) is 92.8 Å². The highest BCUT2D eigenvalue weighted by molar-refractivity contribution is 6.34. The molecule has 0 unspecified atom stereocenters. The first kappa shape index (κ1) is 26.8. The fourth-order valence-electron chi connectivity index (χ4n) is 5.55. The van der Waals surface area contributed by atoms with Gasteiger partial charge in [0.15, 0.2) is 6.61 Å². The molecule has 2 saturated carbocycles. The average Bonchev–Trinajstić information content (AvgIpc) is 3.48. The second-order valence-corrected chi connectivity index (χ2v) is 10.8. The van der Waals surface area contributed by atoms with Gasteiger partial charge in [0.2, 0.25) is 11.8 Å². The molecular formula is C25H18Cl3F3N2O5. The summed E-state index contributed by atoms with van der Waals surface area (Å²) in [6.45, 7) is -0.790. The molecule has 1 N–H and O–H groups in total. The Morgan fingerprint density at radius 2 is 1.55 bits per heavy atom. The van der Waals surface area contributed by atoms with Crippen LogP contribution in [-0.4, -0.2) is 41.1 Å². The van der Waals surface area contributed by atoms with E-state index in [0.717, 1.165) is 17.0 Å². The number of esters is 1. The van der Waals surface area contributed by atoms with Crippen LogP contribution in [0.15, 0.2) is 42.5 Å². The van der Waals surface area contributed by atoms with Crippen molar-refractivity contribution in [2.75, 3.05) is 16.8 Å². The zero-order valence-electron chi connectivity index (χ0n) is 19.2. The van der Waals surface area contributed by atoms with Crippen molar-refractivity contribution in [2.24, 2.45) is 23.7 Å². The van der Waals surface area contributed by atoms with Gasteiger partial charge >= 0.3 is 12.1 Å². The van der Waals surface area contributed by atoms with E-state index in [-0.39, 0.29) is 56.4 Å². The third-order valence-electron chi connectivity index (χ3n) is 7.25. The van der Waals surface area contributed by atoms with Crippen LogP contribution in [0, 0.1) is 23.7 Å². The molecular weight excluding hydrogens is 572 g/mol. The summed E-state index contributed by atoms with van der Waals surface area (Å²) in [7, 11) is 0. The second-order valence-electron chi connectivity index (χ2n) is 9.38. The molecule has 200 valence electrons. The predicted molar refractivity (Wildman–Crippen MR) is 132 cm³/mol. The monoisotopic (exact) mass is 588 g/mol. The van der Waals surface area contributed by atoms with Crippen molar-refractivity contribution in [3.8, 4) is 0 Å². The smallest absolute Gasteiger partial charge is 0.416 e. The van der Waals surface area contributed by atoms with Gasteiger partial charge in [0, 0.05) is 0 Å². The fourth-order valence-corrected chi connectivity index (χ4v) is 6.61. The van der Waals surface area contributed by atoms with Crippen LogP contribution in [-0.2, 0) is 25.3 Å². The van der Waals surface area contributed by atoms with Crippen molar-refractivity contribution >= 4 is 69.9 Å². The Labute approximate surface area is 229 Å². The SMILES string of the molecule is O=C(COC(=O)c1ccc(N2C(=O)[C@@H]3[C@H]4C[C@@H]([C@H](Cl)[C@H]4Cl)[C@H]3C2=O)cc1)Nc1cc(C(F)(F)F)ccc1Cl. The quantitative estimate of drug-likeness (QED) is 0.297. The van der Waals surface area contributed by atoms with Crippen molar-refractivity contribution in [3.05, 3.63) is 58.6 Å². The Hall–Kier alpha value is -2.82. The van der Waals surface area contributed by atoms with E-state index < -0.39 is 42.1 Å². The van der Waals surface area contributed by atoms with Crippen LogP contribution in [0.4, 0.5) is 24.5 Å². The summed E-state index contributed by atoms with van der Waals surface area (Å²) in [5, 5.41) is 1.30. The van der Waals surface area contributed by atoms with E-state index in [9.17, 15) is 32.3 Å². The molecule has 3 aliphatic rings. The number of carbonyl (C=O) groups excluding carboxylic acids is 4. The number of fused-ring (bicyclic) bond motifs is 5. The molecule has 1 heterocycles. The van der Waals surface area contributed by atoms with Crippen molar-refractivity contribution in [3.63, 3.8) is 0 Å². The second kappa shape index (κ2) is 9.73. The maximum Gasteiger partial charge on any atom is 0.416 e. The van der Waals surface area contributed by atoms with Gasteiger partial charge < -0.3 is 10.1 Å². The molecule has 3 fully saturated rings. The summed E-state index contributed by atoms with van der Waals surface area (Å²) in [6, 6.07) is 7.91. The van der Waals surface area contributed by atoms with E-state index in [1.165, 1.54) is 24.3 Å². The standard InChI is InChI=1S/C25H18Cl3F3N2O5/c26-15-6-3-11(25(29,30)31)7-16(15)32-17(34)9-38-24(37)10-1-4-12(5-2-10)33-22(35)18-13-8-14(19(18)23(33)36)21(28)20(13)27/h1-7,13-14,18-21H,8-9H2,(H,32,34)/t13-,14-,18-,19-,20+,21+/m1/s1. The molecule has 2 bridgehead atoms. The van der Waals surface area contributed by atoms with Crippen LogP contribution >= 0.6 is 34.8 Å². The minimum atomic E-state index is -4.63. The van der Waals surface area contributed by atoms with Crippen LogP contribution in [0.1, 0.15) is 22.3 Å². The lowest BCUT2D eigenvalue weighted by molar-refractivity contribution is -0.137. The average molecular weight is 590 g/mol. The van der Waals surface area contributed by atoms with Gasteiger partial charge in [-0.1, -0.05) is 11.6 Å². The molecule has 0 radical (unpaired) electrons. The summed E-state index contributed by atoms with van der Waals surface area (Å²) in [5.41, 5.74) is -0.990. The number of hydrogen-bond acceptors (Lipinski definition) is 5. The Morgan fingerprint density at radius 1 is 0.974 bits per heavy atom. The van der Waals surface area contributed by atoms with Gasteiger partial charge in [-0.2, -0.15) is 13.2 Å². The number of anilines is 2. The Kier molecular flexibility index (Phi) is 6.86. The maximum atomic E-state index is 13.1. The van der Waals surface area contributed by atoms with Crippen molar-refractivity contribution < 1.29 is 37.1 Å². The van der Waals surface area contributed by atoms with Gasteiger partial charge in [0.05, 0.1) is 50.1 Å². The van der Waals surface area contributed by atoms with E-state index in [1.54, 1.807) is 0 Å². The summed E-state index contributed by atoms with van der Waals surface area (Å²) in [5.74, 6) is -3.85. The van der Waals surface area contributed by atoms with E-state index in [1.807, 2.05) is 0 Å². The third-order valence-corrected chi connectivity index (χ3v) is 8.90. The molecule has 2 aromatic rings. The zero-order chi connectivity index (χ0) is 27.5. The Balaban J connectivity index is 1.21. The number of imide groups is 1. The fraction of sp³-hybridized carbons (Fsp3) is 0.360. The summed E-state index contributed by atoms with van der Waals surface area (Å²) >= 11 is 18.6. The van der Waals surface area contributed by atoms with Crippen LogP contribution in [0.25, 0.3) is 0 Å². The molecule has 2 aromatic carbocycles. The van der Waals surface area contributed by atoms with Crippen molar-refractivity contribution in [1.29, 1.82) is 0 Å². The number of hydrogen-bond donors (Lipinski definition) is 1. The summed E-state index contributed by atoms with van der Waals surface area (Å²) in [4.78, 5) is 51.8. The lowest BCUT2D eigenvalue weighted by Gasteiger charge is -2.28. The molecule has 1 saturated heterocycles. The number of nitrogens with zero attached hydrogens (tertiary/aromatic N) is 1. The predicted octanol–water partition coefficient (Wildman–Crippen LogP) is 5.12. The van der Waals surface area contributed by atoms with E-state index in [2.05, 4.69) is 5.32 Å². The van der Waals surface area contributed by atoms with E-state index >= 15 is 0 Å². The molecule has 2 aliphatic carbocycles. The number of halogens is 6. The van der Waals surface area contributed by atoms with E-state index in [0.29, 0.717) is 12.5 Å². The number of amides is 3. The number of carbonyl (C=O) groups is 4. The largest absolute Gasteiger partial charge is 0.452 e. The Bertz CT molecular complexity index is 1300. The first-order valence-electron chi connectivity index (χ1n) is 11.5. The first-order chi connectivity index (χ1) is 17.9. The summed E-state index contributed by atoms with van der Waals surface area (Å²) in [6.07, 6.45) is -3.99. The highest BCUT2D eigenvalue weighted by atomic mass is 35.5. The third kappa shape index (κ3) is 4.52. The van der Waals surface area contributed by atoms with Gasteiger partial charge in [0.25, 0.3) is 5.91 Å². The van der Waals surface area contributed by atoms with Gasteiger partial charge in [-0.25, -0.2) is 4.79 Å². The molecule has 5 rings (SSSR count). The lowest BCUT2D eigenvalue weighted by Crippen LogP contribution is -2.37. The van der Waals surface area contributed by atoms with Crippen molar-refractivity contribution in [2.45, 2.75) is 23.4 Å². The van der Waals surface area contributed by atoms with Crippen LogP contribution < -0.4 is 10.2 Å². The van der Waals surface area contributed by atoms with Crippen molar-refractivity contribution in [1.82, 2.24) is 0 Å². The normalized spacial score (nSPS) is 28.0.